The van der Waals surface area contributed by atoms with E-state index in [0.29, 0.717) is 47.2 Å². The van der Waals surface area contributed by atoms with E-state index < -0.39 is 10.0 Å². The molecule has 1 aromatic carbocycles. The van der Waals surface area contributed by atoms with Gasteiger partial charge in [0.15, 0.2) is 5.78 Å². The third-order valence-corrected chi connectivity index (χ3v) is 5.73. The summed E-state index contributed by atoms with van der Waals surface area (Å²) in [6.07, 6.45) is 2.62. The molecule has 0 amide bonds. The number of hydrogen-bond donors (Lipinski definition) is 1. The molecule has 1 aliphatic rings. The number of Topliss-reactive ketones (excluding diaryl/α,β-unsaturated/α-hetero) is 1. The molecule has 0 bridgehead atoms. The molecule has 0 saturated carbocycles. The van der Waals surface area contributed by atoms with Gasteiger partial charge in [-0.1, -0.05) is 27.2 Å². The molecule has 0 saturated heterocycles. The number of ketones is 1. The summed E-state index contributed by atoms with van der Waals surface area (Å²) >= 11 is 0. The first-order chi connectivity index (χ1) is 11.2. The summed E-state index contributed by atoms with van der Waals surface area (Å²) in [4.78, 5) is 12.5. The fraction of sp³-hybridized carbons (Fsp3) is 0.500. The van der Waals surface area contributed by atoms with Crippen LogP contribution in [0, 0.1) is 5.41 Å². The minimum Gasteiger partial charge on any atom is -0.460 e. The Morgan fingerprint density at radius 2 is 2.00 bits per heavy atom. The van der Waals surface area contributed by atoms with Gasteiger partial charge in [0.25, 0.3) is 0 Å². The van der Waals surface area contributed by atoms with E-state index >= 15 is 0 Å². The molecule has 6 heteroatoms. The second-order valence-corrected chi connectivity index (χ2v) is 9.17. The predicted molar refractivity (Wildman–Crippen MR) is 95.0 cm³/mol. The Kier molecular flexibility index (Phi) is 4.20. The Hall–Kier alpha value is -1.82. The minimum atomic E-state index is -3.37. The van der Waals surface area contributed by atoms with Crippen molar-refractivity contribution in [2.45, 2.75) is 46.5 Å². The third-order valence-electron chi connectivity index (χ3n) is 4.36. The van der Waals surface area contributed by atoms with Gasteiger partial charge in [-0.25, -0.2) is 8.42 Å². The smallest absolute Gasteiger partial charge is 0.232 e. The van der Waals surface area contributed by atoms with Crippen LogP contribution in [0.25, 0.3) is 11.0 Å². The second-order valence-electron chi connectivity index (χ2n) is 7.33. The molecule has 24 heavy (non-hydrogen) atoms. The van der Waals surface area contributed by atoms with Gasteiger partial charge < -0.3 is 4.42 Å². The van der Waals surface area contributed by atoms with Crippen molar-refractivity contribution in [3.05, 3.63) is 29.5 Å². The molecular weight excluding hydrogens is 326 g/mol. The molecule has 1 N–H and O–H groups in total. The number of fused-ring (bicyclic) bond motifs is 3. The number of anilines is 1. The van der Waals surface area contributed by atoms with E-state index in [0.717, 1.165) is 6.42 Å². The molecule has 3 rings (SSSR count). The first-order valence-electron chi connectivity index (χ1n) is 8.30. The molecule has 0 radical (unpaired) electrons. The van der Waals surface area contributed by atoms with Crippen LogP contribution in [0.5, 0.6) is 0 Å². The molecule has 1 aliphatic carbocycles. The van der Waals surface area contributed by atoms with Crippen LogP contribution < -0.4 is 4.72 Å². The molecule has 0 unspecified atom stereocenters. The van der Waals surface area contributed by atoms with E-state index in [1.807, 2.05) is 20.8 Å². The van der Waals surface area contributed by atoms with Crippen molar-refractivity contribution in [3.63, 3.8) is 0 Å². The number of rotatable bonds is 5. The monoisotopic (exact) mass is 349 g/mol. The van der Waals surface area contributed by atoms with Gasteiger partial charge in [-0.2, -0.15) is 0 Å². The standard InChI is InChI=1S/C18H23NO4S/c1-4-5-8-24(21,22)19-12-6-7-15-13(9-12)17-14(20)10-18(2,3)11-16(17)23-15/h6-7,9,19H,4-5,8,10-11H2,1-3H3. The van der Waals surface area contributed by atoms with Crippen molar-refractivity contribution in [1.29, 1.82) is 0 Å². The molecule has 0 aliphatic heterocycles. The summed E-state index contributed by atoms with van der Waals surface area (Å²) in [7, 11) is -3.37. The van der Waals surface area contributed by atoms with Gasteiger partial charge in [-0.3, -0.25) is 9.52 Å². The number of benzene rings is 1. The van der Waals surface area contributed by atoms with E-state index in [2.05, 4.69) is 4.72 Å². The lowest BCUT2D eigenvalue weighted by Gasteiger charge is -2.27. The van der Waals surface area contributed by atoms with Gasteiger partial charge in [-0.15, -0.1) is 0 Å². The number of sulfonamides is 1. The van der Waals surface area contributed by atoms with Crippen LogP contribution >= 0.6 is 0 Å². The summed E-state index contributed by atoms with van der Waals surface area (Å²) in [5.74, 6) is 0.862. The summed E-state index contributed by atoms with van der Waals surface area (Å²) in [6, 6.07) is 5.11. The van der Waals surface area contributed by atoms with Gasteiger partial charge in [0.1, 0.15) is 11.3 Å². The quantitative estimate of drug-likeness (QED) is 0.880. The number of hydrogen-bond acceptors (Lipinski definition) is 4. The third kappa shape index (κ3) is 3.34. The fourth-order valence-electron chi connectivity index (χ4n) is 3.23. The second kappa shape index (κ2) is 5.92. The maximum atomic E-state index is 12.5. The summed E-state index contributed by atoms with van der Waals surface area (Å²) in [6.45, 7) is 6.05. The van der Waals surface area contributed by atoms with Gasteiger partial charge >= 0.3 is 0 Å². The van der Waals surface area contributed by atoms with Crippen molar-refractivity contribution < 1.29 is 17.6 Å². The van der Waals surface area contributed by atoms with E-state index in [9.17, 15) is 13.2 Å². The summed E-state index contributed by atoms with van der Waals surface area (Å²) < 4.78 is 32.6. The van der Waals surface area contributed by atoms with Crippen LogP contribution in [0.15, 0.2) is 22.6 Å². The molecule has 0 fully saturated rings. The Bertz CT molecular complexity index is 893. The number of unbranched alkanes of at least 4 members (excludes halogenated alkanes) is 1. The number of furan rings is 1. The molecule has 2 aromatic rings. The van der Waals surface area contributed by atoms with Crippen molar-refractivity contribution in [1.82, 2.24) is 0 Å². The molecular formula is C18H23NO4S. The average Bonchev–Trinajstić information content (AvgIpc) is 2.80. The van der Waals surface area contributed by atoms with Crippen molar-refractivity contribution >= 4 is 32.5 Å². The van der Waals surface area contributed by atoms with Crippen LogP contribution in [0.4, 0.5) is 5.69 Å². The zero-order valence-electron chi connectivity index (χ0n) is 14.3. The molecule has 5 nitrogen and oxygen atoms in total. The Labute approximate surface area is 142 Å². The van der Waals surface area contributed by atoms with Gasteiger partial charge in [-0.05, 0) is 30.0 Å². The highest BCUT2D eigenvalue weighted by Crippen LogP contribution is 2.40. The Morgan fingerprint density at radius 1 is 1.25 bits per heavy atom. The molecule has 130 valence electrons. The van der Waals surface area contributed by atoms with E-state index in [-0.39, 0.29) is 17.0 Å². The summed E-state index contributed by atoms with van der Waals surface area (Å²) in [5.41, 5.74) is 1.60. The lowest BCUT2D eigenvalue weighted by Crippen LogP contribution is -2.25. The fourth-order valence-corrected chi connectivity index (χ4v) is 4.48. The van der Waals surface area contributed by atoms with Gasteiger partial charge in [0, 0.05) is 23.9 Å². The Morgan fingerprint density at radius 3 is 2.71 bits per heavy atom. The molecule has 1 heterocycles. The highest BCUT2D eigenvalue weighted by molar-refractivity contribution is 7.92. The highest BCUT2D eigenvalue weighted by Gasteiger charge is 2.35. The van der Waals surface area contributed by atoms with Crippen LogP contribution in [-0.2, 0) is 16.4 Å². The number of carbonyl (C=O) groups excluding carboxylic acids is 1. The van der Waals surface area contributed by atoms with Crippen LogP contribution in [0.3, 0.4) is 0 Å². The first-order valence-corrected chi connectivity index (χ1v) is 9.95. The van der Waals surface area contributed by atoms with Crippen LogP contribution in [-0.4, -0.2) is 20.0 Å². The van der Waals surface area contributed by atoms with Crippen molar-refractivity contribution in [2.24, 2.45) is 5.41 Å². The minimum absolute atomic E-state index is 0.0611. The largest absolute Gasteiger partial charge is 0.460 e. The zero-order chi connectivity index (χ0) is 17.5. The zero-order valence-corrected chi connectivity index (χ0v) is 15.1. The van der Waals surface area contributed by atoms with Crippen molar-refractivity contribution in [3.8, 4) is 0 Å². The van der Waals surface area contributed by atoms with Crippen LogP contribution in [0.1, 0.15) is 56.2 Å². The lowest BCUT2D eigenvalue weighted by atomic mass is 9.76. The van der Waals surface area contributed by atoms with Crippen LogP contribution in [0.2, 0.25) is 0 Å². The Balaban J connectivity index is 1.98. The van der Waals surface area contributed by atoms with Gasteiger partial charge in [0.05, 0.1) is 11.3 Å². The lowest BCUT2D eigenvalue weighted by molar-refractivity contribution is 0.0906. The predicted octanol–water partition coefficient (Wildman–Crippen LogP) is 4.13. The topological polar surface area (TPSA) is 76.4 Å². The molecule has 1 aromatic heterocycles. The first kappa shape index (κ1) is 17.0. The SMILES string of the molecule is CCCCS(=O)(=O)Nc1ccc2oc3c(c2c1)C(=O)CC(C)(C)C3. The maximum Gasteiger partial charge on any atom is 0.232 e. The van der Waals surface area contributed by atoms with E-state index in [4.69, 9.17) is 4.42 Å². The normalized spacial score (nSPS) is 17.0. The van der Waals surface area contributed by atoms with E-state index in [1.54, 1.807) is 18.2 Å². The summed E-state index contributed by atoms with van der Waals surface area (Å²) in [5, 5.41) is 0.696. The van der Waals surface area contributed by atoms with Gasteiger partial charge in [0.2, 0.25) is 10.0 Å². The molecule has 0 spiro atoms. The number of carbonyl (C=O) groups is 1. The van der Waals surface area contributed by atoms with Crippen molar-refractivity contribution in [2.75, 3.05) is 10.5 Å². The highest BCUT2D eigenvalue weighted by atomic mass is 32.2. The van der Waals surface area contributed by atoms with E-state index in [1.165, 1.54) is 0 Å². The average molecular weight is 349 g/mol. The molecule has 0 atom stereocenters. The maximum absolute atomic E-state index is 12.5. The number of nitrogens with one attached hydrogen (secondary N) is 1.